The Balaban J connectivity index is 1.86. The molecule has 0 radical (unpaired) electrons. The molecule has 1 fully saturated rings. The van der Waals surface area contributed by atoms with E-state index in [0.29, 0.717) is 4.90 Å². The zero-order valence-electron chi connectivity index (χ0n) is 10.5. The highest BCUT2D eigenvalue weighted by molar-refractivity contribution is 7.92. The van der Waals surface area contributed by atoms with E-state index in [0.717, 1.165) is 11.1 Å². The Morgan fingerprint density at radius 3 is 2.21 bits per heavy atom. The maximum atomic E-state index is 12.4. The van der Waals surface area contributed by atoms with Crippen molar-refractivity contribution in [3.63, 3.8) is 0 Å². The van der Waals surface area contributed by atoms with Crippen molar-refractivity contribution in [3.05, 3.63) is 65.7 Å². The van der Waals surface area contributed by atoms with Crippen LogP contribution in [0.2, 0.25) is 0 Å². The van der Waals surface area contributed by atoms with Crippen molar-refractivity contribution in [2.45, 2.75) is 23.4 Å². The number of ether oxygens (including phenoxy) is 1. The lowest BCUT2D eigenvalue weighted by Crippen LogP contribution is -2.09. The van der Waals surface area contributed by atoms with Crippen LogP contribution in [-0.2, 0) is 14.6 Å². The van der Waals surface area contributed by atoms with Gasteiger partial charge in [0.2, 0.25) is 9.84 Å². The molecule has 1 aliphatic rings. The SMILES string of the molecule is Cc1ccc(S(=O)(=O)[C@H]2O[C@H]2c2ccccc2)cc1. The zero-order valence-corrected chi connectivity index (χ0v) is 11.3. The van der Waals surface area contributed by atoms with E-state index in [-0.39, 0.29) is 6.10 Å². The lowest BCUT2D eigenvalue weighted by atomic mass is 10.2. The van der Waals surface area contributed by atoms with Gasteiger partial charge in [0.15, 0.2) is 5.44 Å². The van der Waals surface area contributed by atoms with Crippen LogP contribution in [0.3, 0.4) is 0 Å². The molecule has 2 atom stereocenters. The normalized spacial score (nSPS) is 22.2. The third kappa shape index (κ3) is 2.29. The first-order chi connectivity index (χ1) is 9.09. The molecule has 1 saturated heterocycles. The monoisotopic (exact) mass is 274 g/mol. The highest BCUT2D eigenvalue weighted by atomic mass is 32.2. The molecule has 1 aliphatic heterocycles. The number of rotatable bonds is 3. The van der Waals surface area contributed by atoms with Gasteiger partial charge in [0.25, 0.3) is 0 Å². The van der Waals surface area contributed by atoms with Crippen molar-refractivity contribution in [1.29, 1.82) is 0 Å². The van der Waals surface area contributed by atoms with Crippen LogP contribution in [-0.4, -0.2) is 13.9 Å². The summed E-state index contributed by atoms with van der Waals surface area (Å²) in [5, 5.41) is 0. The van der Waals surface area contributed by atoms with Crippen molar-refractivity contribution in [3.8, 4) is 0 Å². The van der Waals surface area contributed by atoms with Gasteiger partial charge < -0.3 is 4.74 Å². The predicted octanol–water partition coefficient (Wildman–Crippen LogP) is 2.87. The Morgan fingerprint density at radius 1 is 0.947 bits per heavy atom. The molecule has 1 heterocycles. The van der Waals surface area contributed by atoms with Gasteiger partial charge in [-0.2, -0.15) is 0 Å². The van der Waals surface area contributed by atoms with Gasteiger partial charge >= 0.3 is 0 Å². The molecule has 0 amide bonds. The second-order valence-electron chi connectivity index (χ2n) is 4.69. The molecular weight excluding hydrogens is 260 g/mol. The van der Waals surface area contributed by atoms with E-state index >= 15 is 0 Å². The Kier molecular flexibility index (Phi) is 2.92. The van der Waals surface area contributed by atoms with Crippen LogP contribution in [0.25, 0.3) is 0 Å². The number of sulfone groups is 1. The third-order valence-corrected chi connectivity index (χ3v) is 5.13. The predicted molar refractivity (Wildman–Crippen MR) is 72.4 cm³/mol. The average Bonchev–Trinajstić information content (AvgIpc) is 3.21. The minimum atomic E-state index is -3.40. The molecule has 0 bridgehead atoms. The van der Waals surface area contributed by atoms with Gasteiger partial charge in [-0.05, 0) is 24.6 Å². The second kappa shape index (κ2) is 4.47. The highest BCUT2D eigenvalue weighted by Crippen LogP contribution is 2.44. The summed E-state index contributed by atoms with van der Waals surface area (Å²) >= 11 is 0. The Hall–Kier alpha value is -1.65. The van der Waals surface area contributed by atoms with Gasteiger partial charge in [0, 0.05) is 0 Å². The Bertz CT molecular complexity index is 675. The van der Waals surface area contributed by atoms with E-state index in [2.05, 4.69) is 0 Å². The number of hydrogen-bond acceptors (Lipinski definition) is 3. The summed E-state index contributed by atoms with van der Waals surface area (Å²) in [5.74, 6) is 0. The lowest BCUT2D eigenvalue weighted by Gasteiger charge is -2.01. The van der Waals surface area contributed by atoms with Gasteiger partial charge in [-0.1, -0.05) is 48.0 Å². The smallest absolute Gasteiger partial charge is 0.208 e. The number of epoxide rings is 1. The van der Waals surface area contributed by atoms with E-state index in [1.165, 1.54) is 0 Å². The van der Waals surface area contributed by atoms with Crippen LogP contribution in [0.5, 0.6) is 0 Å². The lowest BCUT2D eigenvalue weighted by molar-refractivity contribution is 0.399. The molecule has 0 aromatic heterocycles. The van der Waals surface area contributed by atoms with Crippen LogP contribution < -0.4 is 0 Å². The summed E-state index contributed by atoms with van der Waals surface area (Å²) in [4.78, 5) is 0.321. The van der Waals surface area contributed by atoms with Crippen molar-refractivity contribution in [2.75, 3.05) is 0 Å². The first-order valence-corrected chi connectivity index (χ1v) is 7.64. The summed E-state index contributed by atoms with van der Waals surface area (Å²) in [5.41, 5.74) is 1.19. The molecule has 0 aliphatic carbocycles. The van der Waals surface area contributed by atoms with Crippen molar-refractivity contribution < 1.29 is 13.2 Å². The van der Waals surface area contributed by atoms with Crippen molar-refractivity contribution in [2.24, 2.45) is 0 Å². The third-order valence-electron chi connectivity index (χ3n) is 3.23. The van der Waals surface area contributed by atoms with Gasteiger partial charge in [-0.15, -0.1) is 0 Å². The summed E-state index contributed by atoms with van der Waals surface area (Å²) in [7, 11) is -3.40. The second-order valence-corrected chi connectivity index (χ2v) is 6.72. The van der Waals surface area contributed by atoms with Crippen LogP contribution in [0.1, 0.15) is 17.2 Å². The summed E-state index contributed by atoms with van der Waals surface area (Å²) < 4.78 is 30.1. The fourth-order valence-corrected chi connectivity index (χ4v) is 3.61. The topological polar surface area (TPSA) is 46.7 Å². The number of hydrogen-bond donors (Lipinski definition) is 0. The zero-order chi connectivity index (χ0) is 13.5. The molecule has 4 heteroatoms. The summed E-state index contributed by atoms with van der Waals surface area (Å²) in [6, 6.07) is 16.3. The highest BCUT2D eigenvalue weighted by Gasteiger charge is 2.50. The maximum Gasteiger partial charge on any atom is 0.208 e. The molecule has 0 unspecified atom stereocenters. The summed E-state index contributed by atoms with van der Waals surface area (Å²) in [6.45, 7) is 1.93. The van der Waals surface area contributed by atoms with Crippen LogP contribution >= 0.6 is 0 Å². The van der Waals surface area contributed by atoms with Crippen LogP contribution in [0, 0.1) is 6.92 Å². The number of aryl methyl sites for hydroxylation is 1. The minimum absolute atomic E-state index is 0.321. The van der Waals surface area contributed by atoms with Crippen molar-refractivity contribution >= 4 is 9.84 Å². The molecule has 2 aromatic carbocycles. The molecule has 3 nitrogen and oxygen atoms in total. The maximum absolute atomic E-state index is 12.4. The van der Waals surface area contributed by atoms with Gasteiger partial charge in [0.1, 0.15) is 6.10 Å². The van der Waals surface area contributed by atoms with Gasteiger partial charge in [-0.25, -0.2) is 8.42 Å². The van der Waals surface area contributed by atoms with E-state index in [1.807, 2.05) is 37.3 Å². The van der Waals surface area contributed by atoms with Gasteiger partial charge in [-0.3, -0.25) is 0 Å². The molecule has 19 heavy (non-hydrogen) atoms. The molecule has 0 spiro atoms. The Labute approximate surface area is 112 Å². The van der Waals surface area contributed by atoms with E-state index in [1.54, 1.807) is 24.3 Å². The summed E-state index contributed by atoms with van der Waals surface area (Å²) in [6.07, 6.45) is -0.340. The molecule has 98 valence electrons. The standard InChI is InChI=1S/C15H14O3S/c1-11-7-9-13(10-8-11)19(16,17)15-14(18-15)12-5-3-2-4-6-12/h2-10,14-15H,1H3/t14-,15+/m0/s1. The van der Waals surface area contributed by atoms with E-state index in [4.69, 9.17) is 4.74 Å². The Morgan fingerprint density at radius 2 is 1.58 bits per heavy atom. The van der Waals surface area contributed by atoms with Crippen LogP contribution in [0.15, 0.2) is 59.5 Å². The fraction of sp³-hybridized carbons (Fsp3) is 0.200. The van der Waals surface area contributed by atoms with E-state index in [9.17, 15) is 8.42 Å². The first kappa shape index (κ1) is 12.4. The molecule has 0 saturated carbocycles. The average molecular weight is 274 g/mol. The van der Waals surface area contributed by atoms with Gasteiger partial charge in [0.05, 0.1) is 4.90 Å². The van der Waals surface area contributed by atoms with Crippen LogP contribution in [0.4, 0.5) is 0 Å². The molecule has 3 rings (SSSR count). The quantitative estimate of drug-likeness (QED) is 0.808. The molecule has 2 aromatic rings. The molecular formula is C15H14O3S. The van der Waals surface area contributed by atoms with Crippen molar-refractivity contribution in [1.82, 2.24) is 0 Å². The van der Waals surface area contributed by atoms with E-state index < -0.39 is 15.3 Å². The minimum Gasteiger partial charge on any atom is -0.347 e. The number of benzene rings is 2. The largest absolute Gasteiger partial charge is 0.347 e. The first-order valence-electron chi connectivity index (χ1n) is 6.10. The molecule has 0 N–H and O–H groups in total. The fourth-order valence-electron chi connectivity index (χ4n) is 2.08.